The van der Waals surface area contributed by atoms with E-state index in [-0.39, 0.29) is 5.91 Å². The van der Waals surface area contributed by atoms with Crippen LogP contribution in [0.2, 0.25) is 0 Å². The summed E-state index contributed by atoms with van der Waals surface area (Å²) in [5.41, 5.74) is 2.21. The molecule has 3 nitrogen and oxygen atoms in total. The lowest BCUT2D eigenvalue weighted by Crippen LogP contribution is -2.40. The largest absolute Gasteiger partial charge is 0.297 e. The van der Waals surface area contributed by atoms with Gasteiger partial charge in [0, 0.05) is 36.3 Å². The van der Waals surface area contributed by atoms with Gasteiger partial charge in [0.1, 0.15) is 0 Å². The summed E-state index contributed by atoms with van der Waals surface area (Å²) in [5.74, 6) is 0.221. The molecule has 1 saturated heterocycles. The zero-order valence-corrected chi connectivity index (χ0v) is 13.0. The van der Waals surface area contributed by atoms with E-state index in [2.05, 4.69) is 24.9 Å². The molecule has 0 saturated carbocycles. The molecule has 0 radical (unpaired) electrons. The van der Waals surface area contributed by atoms with Crippen LogP contribution < -0.4 is 4.90 Å². The van der Waals surface area contributed by atoms with Crippen LogP contribution in [0.1, 0.15) is 39.0 Å². The summed E-state index contributed by atoms with van der Waals surface area (Å²) in [6.07, 6.45) is 7.25. The third-order valence-electron chi connectivity index (χ3n) is 4.74. The van der Waals surface area contributed by atoms with Gasteiger partial charge in [-0.2, -0.15) is 0 Å². The van der Waals surface area contributed by atoms with Gasteiger partial charge in [0.05, 0.1) is 0 Å². The molecule has 0 aromatic heterocycles. The van der Waals surface area contributed by atoms with Crippen molar-refractivity contribution in [3.05, 3.63) is 42.1 Å². The fourth-order valence-electron chi connectivity index (χ4n) is 3.56. The molecule has 3 rings (SSSR count). The second-order valence-electron chi connectivity index (χ2n) is 6.14. The first-order valence-corrected chi connectivity index (χ1v) is 8.01. The van der Waals surface area contributed by atoms with Crippen molar-refractivity contribution in [3.63, 3.8) is 0 Å². The average molecular weight is 284 g/mol. The first-order valence-electron chi connectivity index (χ1n) is 8.01. The Bertz CT molecular complexity index is 537. The van der Waals surface area contributed by atoms with Crippen molar-refractivity contribution in [1.82, 2.24) is 4.90 Å². The lowest BCUT2D eigenvalue weighted by molar-refractivity contribution is -0.118. The van der Waals surface area contributed by atoms with Gasteiger partial charge in [0.2, 0.25) is 5.91 Å². The molecule has 0 N–H and O–H groups in total. The molecular weight excluding hydrogens is 260 g/mol. The number of hydrogen-bond donors (Lipinski definition) is 0. The molecule has 2 aliphatic rings. The highest BCUT2D eigenvalue weighted by Crippen LogP contribution is 2.36. The number of rotatable bonds is 4. The van der Waals surface area contributed by atoms with Crippen LogP contribution in [-0.2, 0) is 4.79 Å². The van der Waals surface area contributed by atoms with Gasteiger partial charge in [0.25, 0.3) is 0 Å². The number of anilines is 1. The average Bonchev–Trinajstić information content (AvgIpc) is 2.71. The molecule has 0 spiro atoms. The summed E-state index contributed by atoms with van der Waals surface area (Å²) in [6.45, 7) is 2.06. The number of para-hydroxylation sites is 1. The minimum Gasteiger partial charge on any atom is -0.297 e. The number of carbonyl (C=O) groups is 1. The van der Waals surface area contributed by atoms with Gasteiger partial charge in [-0.1, -0.05) is 25.1 Å². The van der Waals surface area contributed by atoms with Crippen molar-refractivity contribution in [3.8, 4) is 0 Å². The Morgan fingerprint density at radius 2 is 2.05 bits per heavy atom. The topological polar surface area (TPSA) is 23.6 Å². The fourth-order valence-corrected chi connectivity index (χ4v) is 3.56. The maximum absolute atomic E-state index is 12.6. The van der Waals surface area contributed by atoms with Gasteiger partial charge >= 0.3 is 0 Å². The van der Waals surface area contributed by atoms with E-state index in [1.807, 2.05) is 35.2 Å². The van der Waals surface area contributed by atoms with E-state index in [9.17, 15) is 4.79 Å². The minimum atomic E-state index is 0.221. The molecule has 3 heteroatoms. The molecule has 0 aliphatic carbocycles. The van der Waals surface area contributed by atoms with Gasteiger partial charge in [0.15, 0.2) is 0 Å². The lowest BCUT2D eigenvalue weighted by Gasteiger charge is -2.35. The summed E-state index contributed by atoms with van der Waals surface area (Å²) in [4.78, 5) is 17.0. The highest BCUT2D eigenvalue weighted by atomic mass is 16.2. The quantitative estimate of drug-likeness (QED) is 0.844. The molecular formula is C18H24N2O. The van der Waals surface area contributed by atoms with E-state index in [1.54, 1.807) is 0 Å². The van der Waals surface area contributed by atoms with Gasteiger partial charge in [-0.3, -0.25) is 14.6 Å². The van der Waals surface area contributed by atoms with Crippen LogP contribution >= 0.6 is 0 Å². The summed E-state index contributed by atoms with van der Waals surface area (Å²) >= 11 is 0. The van der Waals surface area contributed by atoms with Crippen molar-refractivity contribution < 1.29 is 4.79 Å². The normalized spacial score (nSPS) is 24.8. The molecule has 2 aliphatic heterocycles. The first kappa shape index (κ1) is 14.3. The van der Waals surface area contributed by atoms with Crippen LogP contribution in [-0.4, -0.2) is 29.9 Å². The monoisotopic (exact) mass is 284 g/mol. The highest BCUT2D eigenvalue weighted by molar-refractivity contribution is 5.96. The maximum Gasteiger partial charge on any atom is 0.231 e. The smallest absolute Gasteiger partial charge is 0.231 e. The summed E-state index contributed by atoms with van der Waals surface area (Å²) in [6, 6.07) is 11.2. The number of hydrogen-bond acceptors (Lipinski definition) is 2. The summed E-state index contributed by atoms with van der Waals surface area (Å²) in [5, 5.41) is 0. The Morgan fingerprint density at radius 1 is 1.29 bits per heavy atom. The second-order valence-corrected chi connectivity index (χ2v) is 6.14. The molecule has 2 heterocycles. The van der Waals surface area contributed by atoms with Crippen molar-refractivity contribution in [2.45, 2.75) is 51.1 Å². The van der Waals surface area contributed by atoms with Crippen LogP contribution in [0.4, 0.5) is 5.69 Å². The lowest BCUT2D eigenvalue weighted by atomic mass is 10.0. The first-order chi connectivity index (χ1) is 10.2. The Labute approximate surface area is 127 Å². The van der Waals surface area contributed by atoms with E-state index in [1.165, 1.54) is 18.5 Å². The molecule has 1 aromatic rings. The minimum absolute atomic E-state index is 0.221. The number of nitrogens with zero attached hydrogens (tertiary/aromatic N) is 2. The van der Waals surface area contributed by atoms with Gasteiger partial charge < -0.3 is 0 Å². The fraction of sp³-hybridized carbons (Fsp3) is 0.500. The molecule has 2 bridgehead atoms. The molecule has 1 fully saturated rings. The molecule has 21 heavy (non-hydrogen) atoms. The Kier molecular flexibility index (Phi) is 4.11. The van der Waals surface area contributed by atoms with Crippen molar-refractivity contribution in [1.29, 1.82) is 0 Å². The van der Waals surface area contributed by atoms with Crippen LogP contribution in [0.5, 0.6) is 0 Å². The Morgan fingerprint density at radius 3 is 2.71 bits per heavy atom. The Balaban J connectivity index is 1.93. The maximum atomic E-state index is 12.6. The molecule has 2 atom stereocenters. The number of carbonyl (C=O) groups excluding carboxylic acids is 1. The van der Waals surface area contributed by atoms with E-state index in [4.69, 9.17) is 0 Å². The van der Waals surface area contributed by atoms with Crippen LogP contribution in [0.15, 0.2) is 42.1 Å². The predicted molar refractivity (Wildman–Crippen MR) is 86.1 cm³/mol. The van der Waals surface area contributed by atoms with Crippen LogP contribution in [0.25, 0.3) is 0 Å². The number of amides is 1. The standard InChI is InChI=1S/C18H24N2O/c1-3-7-18(21)20(14-8-5-4-6-9-14)17-12-15-10-11-16(13-17)19(15)2/h4-6,8-9,12,15-16H,3,7,10-11,13H2,1-2H3. The van der Waals surface area contributed by atoms with Crippen molar-refractivity contribution in [2.24, 2.45) is 0 Å². The van der Waals surface area contributed by atoms with Crippen LogP contribution in [0.3, 0.4) is 0 Å². The predicted octanol–water partition coefficient (Wildman–Crippen LogP) is 3.57. The molecule has 1 amide bonds. The van der Waals surface area contributed by atoms with Gasteiger partial charge in [-0.15, -0.1) is 0 Å². The van der Waals surface area contributed by atoms with Gasteiger partial charge in [-0.25, -0.2) is 0 Å². The zero-order chi connectivity index (χ0) is 14.8. The van der Waals surface area contributed by atoms with E-state index in [0.29, 0.717) is 18.5 Å². The molecule has 2 unspecified atom stereocenters. The van der Waals surface area contributed by atoms with Gasteiger partial charge in [-0.05, 0) is 44.5 Å². The van der Waals surface area contributed by atoms with Crippen LogP contribution in [0, 0.1) is 0 Å². The van der Waals surface area contributed by atoms with E-state index < -0.39 is 0 Å². The molecule has 1 aromatic carbocycles. The highest BCUT2D eigenvalue weighted by Gasteiger charge is 2.36. The molecule has 112 valence electrons. The van der Waals surface area contributed by atoms with E-state index in [0.717, 1.165) is 18.5 Å². The zero-order valence-electron chi connectivity index (χ0n) is 13.0. The van der Waals surface area contributed by atoms with E-state index >= 15 is 0 Å². The summed E-state index contributed by atoms with van der Waals surface area (Å²) in [7, 11) is 2.20. The number of fused-ring (bicyclic) bond motifs is 2. The second kappa shape index (κ2) is 6.02. The number of benzene rings is 1. The summed E-state index contributed by atoms with van der Waals surface area (Å²) < 4.78 is 0. The van der Waals surface area contributed by atoms with Crippen molar-refractivity contribution in [2.75, 3.05) is 11.9 Å². The SMILES string of the molecule is CCCC(=O)N(C1=CC2CCC(C1)N2C)c1ccccc1. The van der Waals surface area contributed by atoms with Crippen molar-refractivity contribution >= 4 is 11.6 Å². The third kappa shape index (κ3) is 2.75. The number of likely N-dealkylation sites (N-methyl/N-ethyl adjacent to an activating group) is 1. The third-order valence-corrected chi connectivity index (χ3v) is 4.74. The Hall–Kier alpha value is -1.61.